The van der Waals surface area contributed by atoms with Crippen molar-refractivity contribution in [3.05, 3.63) is 16.7 Å². The van der Waals surface area contributed by atoms with Gasteiger partial charge >= 0.3 is 6.18 Å². The Morgan fingerprint density at radius 2 is 2.14 bits per heavy atom. The summed E-state index contributed by atoms with van der Waals surface area (Å²) >= 11 is 6.94. The van der Waals surface area contributed by atoms with E-state index < -0.39 is 27.8 Å². The Bertz CT molecular complexity index is 738. The van der Waals surface area contributed by atoms with E-state index in [2.05, 4.69) is 4.98 Å². The fraction of sp³-hybridized carbons (Fsp3) is 0.500. The molecule has 0 aliphatic carbocycles. The summed E-state index contributed by atoms with van der Waals surface area (Å²) in [6.07, 6.45) is -2.98. The third-order valence-electron chi connectivity index (χ3n) is 2.59. The first-order chi connectivity index (χ1) is 9.66. The number of rotatable bonds is 5. The van der Waals surface area contributed by atoms with E-state index in [1.54, 1.807) is 12.3 Å². The second kappa shape index (κ2) is 5.75. The van der Waals surface area contributed by atoms with Gasteiger partial charge in [-0.05, 0) is 6.42 Å². The summed E-state index contributed by atoms with van der Waals surface area (Å²) in [5, 5.41) is 0.814. The maximum Gasteiger partial charge on any atom is 0.402 e. The van der Waals surface area contributed by atoms with Crippen molar-refractivity contribution in [1.82, 2.24) is 13.7 Å². The number of imidazole rings is 1. The SMILES string of the molecule is CCCN(CC(F)(F)F)S(=O)(=O)c1c(Cl)nc2sccn12. The molecule has 0 atom stereocenters. The molecule has 2 aromatic heterocycles. The summed E-state index contributed by atoms with van der Waals surface area (Å²) in [5.41, 5.74) is 0. The van der Waals surface area contributed by atoms with Gasteiger partial charge in [-0.25, -0.2) is 13.4 Å². The molecule has 0 unspecified atom stereocenters. The summed E-state index contributed by atoms with van der Waals surface area (Å²) < 4.78 is 64.3. The Balaban J connectivity index is 2.52. The number of aromatic nitrogens is 2. The maximum absolute atomic E-state index is 12.6. The molecule has 21 heavy (non-hydrogen) atoms. The second-order valence-electron chi connectivity index (χ2n) is 4.22. The van der Waals surface area contributed by atoms with Gasteiger partial charge in [0, 0.05) is 18.1 Å². The molecule has 0 amide bonds. The number of halogens is 4. The van der Waals surface area contributed by atoms with Gasteiger partial charge in [0.1, 0.15) is 6.54 Å². The predicted molar refractivity (Wildman–Crippen MR) is 73.2 cm³/mol. The molecule has 0 aromatic carbocycles. The van der Waals surface area contributed by atoms with Crippen molar-refractivity contribution in [2.75, 3.05) is 13.1 Å². The molecule has 0 saturated heterocycles. The van der Waals surface area contributed by atoms with Crippen LogP contribution in [-0.4, -0.2) is 41.4 Å². The van der Waals surface area contributed by atoms with Crippen molar-refractivity contribution in [3.63, 3.8) is 0 Å². The standard InChI is InChI=1S/C10H11ClF3N3O2S2/c1-2-3-16(6-10(12,13)14)21(18,19)8-7(11)15-9-17(8)4-5-20-9/h4-5H,2-3,6H2,1H3. The first-order valence-corrected chi connectivity index (χ1v) is 8.54. The van der Waals surface area contributed by atoms with Crippen LogP contribution in [0.3, 0.4) is 0 Å². The molecule has 0 radical (unpaired) electrons. The molecule has 0 N–H and O–H groups in total. The molecule has 0 spiro atoms. The number of fused-ring (bicyclic) bond motifs is 1. The fourth-order valence-electron chi connectivity index (χ4n) is 1.83. The maximum atomic E-state index is 12.6. The molecule has 0 saturated carbocycles. The van der Waals surface area contributed by atoms with Crippen LogP contribution in [0.4, 0.5) is 13.2 Å². The van der Waals surface area contributed by atoms with E-state index in [9.17, 15) is 21.6 Å². The van der Waals surface area contributed by atoms with Crippen LogP contribution in [0.5, 0.6) is 0 Å². The summed E-state index contributed by atoms with van der Waals surface area (Å²) in [6, 6.07) is 0. The average Bonchev–Trinajstić information content (AvgIpc) is 2.85. The van der Waals surface area contributed by atoms with Gasteiger partial charge in [-0.1, -0.05) is 18.5 Å². The van der Waals surface area contributed by atoms with Crippen molar-refractivity contribution in [3.8, 4) is 0 Å². The highest BCUT2D eigenvalue weighted by atomic mass is 35.5. The number of thiazole rings is 1. The normalized spacial score (nSPS) is 13.4. The lowest BCUT2D eigenvalue weighted by molar-refractivity contribution is -0.136. The van der Waals surface area contributed by atoms with Gasteiger partial charge in [-0.15, -0.1) is 11.3 Å². The molecule has 2 aromatic rings. The number of sulfonamides is 1. The van der Waals surface area contributed by atoms with E-state index in [1.165, 1.54) is 10.6 Å². The van der Waals surface area contributed by atoms with E-state index in [1.807, 2.05) is 0 Å². The van der Waals surface area contributed by atoms with E-state index in [-0.39, 0.29) is 18.1 Å². The quantitative estimate of drug-likeness (QED) is 0.822. The number of hydrogen-bond acceptors (Lipinski definition) is 4. The van der Waals surface area contributed by atoms with Crippen molar-refractivity contribution >= 4 is 37.9 Å². The highest BCUT2D eigenvalue weighted by Gasteiger charge is 2.39. The molecule has 118 valence electrons. The third-order valence-corrected chi connectivity index (χ3v) is 5.59. The largest absolute Gasteiger partial charge is 0.402 e. The second-order valence-corrected chi connectivity index (χ2v) is 7.30. The molecule has 0 aliphatic heterocycles. The lowest BCUT2D eigenvalue weighted by atomic mass is 10.5. The lowest BCUT2D eigenvalue weighted by Gasteiger charge is -2.22. The molecule has 5 nitrogen and oxygen atoms in total. The van der Waals surface area contributed by atoms with Crippen LogP contribution in [0, 0.1) is 0 Å². The van der Waals surface area contributed by atoms with Crippen molar-refractivity contribution in [1.29, 1.82) is 0 Å². The van der Waals surface area contributed by atoms with Crippen LogP contribution in [0.25, 0.3) is 4.96 Å². The summed E-state index contributed by atoms with van der Waals surface area (Å²) in [6.45, 7) is -0.219. The average molecular weight is 362 g/mol. The molecule has 11 heteroatoms. The van der Waals surface area contributed by atoms with Gasteiger partial charge < -0.3 is 0 Å². The fourth-order valence-corrected chi connectivity index (χ4v) is 4.75. The van der Waals surface area contributed by atoms with Gasteiger partial charge in [0.15, 0.2) is 15.1 Å². The van der Waals surface area contributed by atoms with Crippen LogP contribution >= 0.6 is 22.9 Å². The molecule has 0 bridgehead atoms. The summed E-state index contributed by atoms with van der Waals surface area (Å²) in [7, 11) is -4.39. The van der Waals surface area contributed by atoms with E-state index in [0.29, 0.717) is 9.27 Å². The molecule has 2 heterocycles. The van der Waals surface area contributed by atoms with Crippen molar-refractivity contribution in [2.45, 2.75) is 24.5 Å². The van der Waals surface area contributed by atoms with Crippen LogP contribution in [0.15, 0.2) is 16.6 Å². The number of hydrogen-bond donors (Lipinski definition) is 0. The van der Waals surface area contributed by atoms with E-state index >= 15 is 0 Å². The zero-order chi connectivity index (χ0) is 15.8. The smallest absolute Gasteiger partial charge is 0.279 e. The van der Waals surface area contributed by atoms with E-state index in [0.717, 1.165) is 11.3 Å². The summed E-state index contributed by atoms with van der Waals surface area (Å²) in [5.74, 6) is 0. The molecule has 0 aliphatic rings. The van der Waals surface area contributed by atoms with Crippen LogP contribution in [0.1, 0.15) is 13.3 Å². The number of nitrogens with zero attached hydrogens (tertiary/aromatic N) is 3. The highest BCUT2D eigenvalue weighted by molar-refractivity contribution is 7.89. The Labute approximate surface area is 128 Å². The Morgan fingerprint density at radius 1 is 1.48 bits per heavy atom. The van der Waals surface area contributed by atoms with Crippen LogP contribution < -0.4 is 0 Å². The first kappa shape index (κ1) is 16.5. The Hall–Kier alpha value is -0.840. The zero-order valence-electron chi connectivity index (χ0n) is 10.8. The van der Waals surface area contributed by atoms with Crippen LogP contribution in [-0.2, 0) is 10.0 Å². The van der Waals surface area contributed by atoms with Gasteiger partial charge in [-0.2, -0.15) is 17.5 Å². The molecule has 2 rings (SSSR count). The summed E-state index contributed by atoms with van der Waals surface area (Å²) in [4.78, 5) is 4.15. The van der Waals surface area contributed by atoms with Crippen molar-refractivity contribution in [2.24, 2.45) is 0 Å². The number of alkyl halides is 3. The third kappa shape index (κ3) is 3.33. The predicted octanol–water partition coefficient (Wildman–Crippen LogP) is 3.01. The molecule has 0 fully saturated rings. The first-order valence-electron chi connectivity index (χ1n) is 5.84. The minimum absolute atomic E-state index is 0.249. The minimum atomic E-state index is -4.63. The molecular weight excluding hydrogens is 351 g/mol. The zero-order valence-corrected chi connectivity index (χ0v) is 13.2. The van der Waals surface area contributed by atoms with Gasteiger partial charge in [0.05, 0.1) is 0 Å². The van der Waals surface area contributed by atoms with E-state index in [4.69, 9.17) is 11.6 Å². The topological polar surface area (TPSA) is 54.7 Å². The lowest BCUT2D eigenvalue weighted by Crippen LogP contribution is -2.39. The van der Waals surface area contributed by atoms with Gasteiger partial charge in [0.25, 0.3) is 10.0 Å². The van der Waals surface area contributed by atoms with Crippen molar-refractivity contribution < 1.29 is 21.6 Å². The van der Waals surface area contributed by atoms with Gasteiger partial charge in [0.2, 0.25) is 0 Å². The monoisotopic (exact) mass is 361 g/mol. The Kier molecular flexibility index (Phi) is 4.52. The minimum Gasteiger partial charge on any atom is -0.279 e. The Morgan fingerprint density at radius 3 is 2.71 bits per heavy atom. The molecular formula is C10H11ClF3N3O2S2. The van der Waals surface area contributed by atoms with Crippen LogP contribution in [0.2, 0.25) is 5.15 Å². The highest BCUT2D eigenvalue weighted by Crippen LogP contribution is 2.29. The van der Waals surface area contributed by atoms with Gasteiger partial charge in [-0.3, -0.25) is 4.40 Å².